The summed E-state index contributed by atoms with van der Waals surface area (Å²) in [6.07, 6.45) is 2.43. The average Bonchev–Trinajstić information content (AvgIpc) is 3.42. The number of aromatic hydroxyl groups is 1. The number of hydrogen-bond acceptors (Lipinski definition) is 5. The molecule has 2 amide bonds. The lowest BCUT2D eigenvalue weighted by Gasteiger charge is -2.38. The van der Waals surface area contributed by atoms with Crippen LogP contribution in [0.4, 0.5) is 0 Å². The molecule has 168 valence electrons. The molecule has 9 heteroatoms. The van der Waals surface area contributed by atoms with Gasteiger partial charge in [0.2, 0.25) is 0 Å². The first-order chi connectivity index (χ1) is 14.9. The minimum atomic E-state index is -0.00202. The SMILES string of the molecule is CCl.Cc1sc(C(=O)N2CCC(N3CCN(C(=O)c4ccc(O)cc4)CC3)C2)cc1Cl. The molecule has 4 rings (SSSR count). The van der Waals surface area contributed by atoms with Crippen molar-refractivity contribution in [1.82, 2.24) is 14.7 Å². The van der Waals surface area contributed by atoms with Crippen LogP contribution in [0.1, 0.15) is 31.3 Å². The van der Waals surface area contributed by atoms with E-state index in [-0.39, 0.29) is 17.6 Å². The van der Waals surface area contributed by atoms with Gasteiger partial charge in [-0.3, -0.25) is 14.5 Å². The van der Waals surface area contributed by atoms with Gasteiger partial charge >= 0.3 is 0 Å². The Kier molecular flexibility index (Phi) is 8.22. The van der Waals surface area contributed by atoms with Gasteiger partial charge < -0.3 is 14.9 Å². The maximum absolute atomic E-state index is 12.8. The number of piperazine rings is 1. The molecule has 0 aliphatic carbocycles. The first-order valence-corrected chi connectivity index (χ1v) is 12.1. The van der Waals surface area contributed by atoms with Crippen molar-refractivity contribution < 1.29 is 14.7 Å². The predicted molar refractivity (Wildman–Crippen MR) is 126 cm³/mol. The molecule has 31 heavy (non-hydrogen) atoms. The summed E-state index contributed by atoms with van der Waals surface area (Å²) < 4.78 is 0. The lowest BCUT2D eigenvalue weighted by Crippen LogP contribution is -2.52. The van der Waals surface area contributed by atoms with Gasteiger partial charge in [0.15, 0.2) is 0 Å². The number of rotatable bonds is 3. The highest BCUT2D eigenvalue weighted by molar-refractivity contribution is 7.14. The van der Waals surface area contributed by atoms with E-state index in [0.29, 0.717) is 34.6 Å². The second-order valence-electron chi connectivity index (χ2n) is 7.58. The van der Waals surface area contributed by atoms with Gasteiger partial charge in [0.25, 0.3) is 11.8 Å². The Balaban J connectivity index is 0.00000132. The summed E-state index contributed by atoms with van der Waals surface area (Å²) in [6.45, 7) is 6.36. The Morgan fingerprint density at radius 2 is 1.65 bits per heavy atom. The molecule has 1 unspecified atom stereocenters. The van der Waals surface area contributed by atoms with Crippen molar-refractivity contribution in [3.63, 3.8) is 0 Å². The van der Waals surface area contributed by atoms with Gasteiger partial charge in [-0.25, -0.2) is 0 Å². The Bertz CT molecular complexity index is 892. The monoisotopic (exact) mass is 483 g/mol. The highest BCUT2D eigenvalue weighted by Gasteiger charge is 2.33. The second kappa shape index (κ2) is 10.7. The summed E-state index contributed by atoms with van der Waals surface area (Å²) in [5.41, 5.74) is 0.596. The van der Waals surface area contributed by atoms with Crippen LogP contribution in [0.15, 0.2) is 30.3 Å². The topological polar surface area (TPSA) is 64.1 Å². The summed E-state index contributed by atoms with van der Waals surface area (Å²) in [7, 11) is 0. The molecule has 2 saturated heterocycles. The maximum atomic E-state index is 12.8. The molecule has 2 fully saturated rings. The Labute approximate surface area is 197 Å². The van der Waals surface area contributed by atoms with Crippen LogP contribution in [-0.4, -0.2) is 83.3 Å². The Morgan fingerprint density at radius 1 is 1.00 bits per heavy atom. The third-order valence-electron chi connectivity index (χ3n) is 5.75. The molecular weight excluding hydrogens is 457 g/mol. The lowest BCUT2D eigenvalue weighted by atomic mass is 10.1. The minimum absolute atomic E-state index is 0.00202. The number of amides is 2. The third-order valence-corrected chi connectivity index (χ3v) is 7.29. The molecule has 0 radical (unpaired) electrons. The number of likely N-dealkylation sites (tertiary alicyclic amines) is 1. The van der Waals surface area contributed by atoms with Gasteiger partial charge in [-0.2, -0.15) is 0 Å². The predicted octanol–water partition coefficient (Wildman–Crippen LogP) is 3.94. The largest absolute Gasteiger partial charge is 0.508 e. The lowest BCUT2D eigenvalue weighted by molar-refractivity contribution is 0.0569. The van der Waals surface area contributed by atoms with E-state index in [0.717, 1.165) is 37.5 Å². The number of halogens is 2. The summed E-state index contributed by atoms with van der Waals surface area (Å²) >= 11 is 12.2. The van der Waals surface area contributed by atoms with E-state index >= 15 is 0 Å². The number of hydrogen-bond donors (Lipinski definition) is 1. The highest BCUT2D eigenvalue weighted by Crippen LogP contribution is 2.28. The van der Waals surface area contributed by atoms with E-state index in [2.05, 4.69) is 16.5 Å². The van der Waals surface area contributed by atoms with Crippen molar-refractivity contribution in [2.24, 2.45) is 0 Å². The summed E-state index contributed by atoms with van der Waals surface area (Å²) in [4.78, 5) is 33.2. The highest BCUT2D eigenvalue weighted by atomic mass is 35.5. The number of thiophene rings is 1. The number of benzene rings is 1. The summed E-state index contributed by atoms with van der Waals surface area (Å²) in [6, 6.07) is 8.49. The maximum Gasteiger partial charge on any atom is 0.264 e. The van der Waals surface area contributed by atoms with Gasteiger partial charge in [0.05, 0.1) is 9.90 Å². The number of phenolic OH excluding ortho intramolecular Hbond substituents is 1. The van der Waals surface area contributed by atoms with E-state index in [9.17, 15) is 14.7 Å². The fraction of sp³-hybridized carbons (Fsp3) is 0.455. The van der Waals surface area contributed by atoms with Gasteiger partial charge in [-0.15, -0.1) is 22.9 Å². The van der Waals surface area contributed by atoms with Crippen molar-refractivity contribution in [1.29, 1.82) is 0 Å². The zero-order valence-corrected chi connectivity index (χ0v) is 20.0. The zero-order valence-electron chi connectivity index (χ0n) is 17.7. The van der Waals surface area contributed by atoms with Crippen LogP contribution in [0.3, 0.4) is 0 Å². The quantitative estimate of drug-likeness (QED) is 0.671. The van der Waals surface area contributed by atoms with E-state index < -0.39 is 0 Å². The zero-order chi connectivity index (χ0) is 22.5. The Morgan fingerprint density at radius 3 is 2.23 bits per heavy atom. The number of phenols is 1. The van der Waals surface area contributed by atoms with Gasteiger partial charge in [0.1, 0.15) is 5.75 Å². The van der Waals surface area contributed by atoms with E-state index in [1.165, 1.54) is 29.9 Å². The van der Waals surface area contributed by atoms with Crippen molar-refractivity contribution in [2.75, 3.05) is 45.7 Å². The molecule has 2 aliphatic heterocycles. The van der Waals surface area contributed by atoms with Crippen molar-refractivity contribution >= 4 is 46.4 Å². The minimum Gasteiger partial charge on any atom is -0.508 e. The Hall–Kier alpha value is -1.80. The van der Waals surface area contributed by atoms with Crippen LogP contribution in [-0.2, 0) is 0 Å². The smallest absolute Gasteiger partial charge is 0.264 e. The first kappa shape index (κ1) is 23.9. The van der Waals surface area contributed by atoms with Crippen molar-refractivity contribution in [3.8, 4) is 5.75 Å². The van der Waals surface area contributed by atoms with Crippen LogP contribution in [0.2, 0.25) is 5.02 Å². The van der Waals surface area contributed by atoms with E-state index in [1.54, 1.807) is 18.2 Å². The third kappa shape index (κ3) is 5.52. The first-order valence-electron chi connectivity index (χ1n) is 10.2. The molecule has 1 aromatic heterocycles. The van der Waals surface area contributed by atoms with Gasteiger partial charge in [0, 0.05) is 62.1 Å². The number of alkyl halides is 1. The number of aryl methyl sites for hydroxylation is 1. The molecule has 2 aliphatic rings. The molecule has 1 aromatic carbocycles. The van der Waals surface area contributed by atoms with Gasteiger partial charge in [-0.1, -0.05) is 11.6 Å². The molecule has 1 N–H and O–H groups in total. The van der Waals surface area contributed by atoms with Crippen molar-refractivity contribution in [3.05, 3.63) is 50.7 Å². The van der Waals surface area contributed by atoms with Crippen LogP contribution >= 0.6 is 34.5 Å². The fourth-order valence-electron chi connectivity index (χ4n) is 4.02. The van der Waals surface area contributed by atoms with Crippen molar-refractivity contribution in [2.45, 2.75) is 19.4 Å². The molecule has 6 nitrogen and oxygen atoms in total. The molecule has 1 atom stereocenters. The molecule has 3 heterocycles. The van der Waals surface area contributed by atoms with E-state index in [4.69, 9.17) is 11.6 Å². The molecular formula is C22H27Cl2N3O3S. The van der Waals surface area contributed by atoms with Crippen LogP contribution in [0.5, 0.6) is 5.75 Å². The van der Waals surface area contributed by atoms with E-state index in [1.807, 2.05) is 16.7 Å². The normalized spacial score (nSPS) is 19.2. The van der Waals surface area contributed by atoms with Crippen LogP contribution in [0.25, 0.3) is 0 Å². The van der Waals surface area contributed by atoms with Crippen LogP contribution < -0.4 is 0 Å². The fourth-order valence-corrected chi connectivity index (χ4v) is 5.19. The number of nitrogens with zero attached hydrogens (tertiary/aromatic N) is 3. The number of carbonyl (C=O) groups is 2. The molecule has 0 bridgehead atoms. The summed E-state index contributed by atoms with van der Waals surface area (Å²) in [5, 5.41) is 10.0. The molecule has 0 spiro atoms. The number of carbonyl (C=O) groups excluding carboxylic acids is 2. The van der Waals surface area contributed by atoms with Gasteiger partial charge in [-0.05, 0) is 43.7 Å². The summed E-state index contributed by atoms with van der Waals surface area (Å²) in [5.74, 6) is 0.221. The standard InChI is InChI=1S/C21H24ClN3O3S.CH3Cl/c1-14-18(22)12-19(29-14)21(28)25-7-6-16(13-25)23-8-10-24(11-9-23)20(27)15-2-4-17(26)5-3-15;1-2/h2-5,12,16,26H,6-11,13H2,1H3;1H3. The van der Waals surface area contributed by atoms with Crippen LogP contribution in [0, 0.1) is 6.92 Å². The average molecular weight is 484 g/mol. The molecule has 2 aromatic rings. The second-order valence-corrected chi connectivity index (χ2v) is 9.25. The molecule has 0 saturated carbocycles.